The number of nitrogen functional groups attached to an aromatic ring is 1. The fourth-order valence-electron chi connectivity index (χ4n) is 1.81. The third kappa shape index (κ3) is 1.52. The number of hydrogen-bond acceptors (Lipinski definition) is 5. The summed E-state index contributed by atoms with van der Waals surface area (Å²) in [5.74, 6) is 0.508. The molecule has 2 heterocycles. The summed E-state index contributed by atoms with van der Waals surface area (Å²) < 4.78 is 20.3. The van der Waals surface area contributed by atoms with Gasteiger partial charge in [0.25, 0.3) is 0 Å². The van der Waals surface area contributed by atoms with Crippen molar-refractivity contribution in [1.29, 1.82) is 0 Å². The molecule has 3 rings (SSSR count). The van der Waals surface area contributed by atoms with Gasteiger partial charge in [0.15, 0.2) is 0 Å². The van der Waals surface area contributed by atoms with Gasteiger partial charge in [-0.3, -0.25) is 4.40 Å². The predicted octanol–water partition coefficient (Wildman–Crippen LogP) is 2.19. The highest BCUT2D eigenvalue weighted by Gasteiger charge is 2.15. The Morgan fingerprint density at radius 2 is 2.22 bits per heavy atom. The van der Waals surface area contributed by atoms with Crippen LogP contribution in [-0.4, -0.2) is 21.7 Å². The third-order valence-corrected chi connectivity index (χ3v) is 3.43. The molecule has 0 atom stereocenters. The lowest BCUT2D eigenvalue weighted by Crippen LogP contribution is -1.96. The number of rotatable bonds is 2. The summed E-state index contributed by atoms with van der Waals surface area (Å²) in [5, 5.41) is 9.55. The summed E-state index contributed by atoms with van der Waals surface area (Å²) in [7, 11) is 1.54. The number of methoxy groups -OCH3 is 1. The van der Waals surface area contributed by atoms with E-state index in [2.05, 4.69) is 10.2 Å². The van der Waals surface area contributed by atoms with Crippen LogP contribution in [0, 0.1) is 5.82 Å². The van der Waals surface area contributed by atoms with Crippen LogP contribution in [0.4, 0.5) is 10.3 Å². The number of nitrogens with two attached hydrogens (primary N) is 1. The number of nitrogens with zero attached hydrogens (tertiary/aromatic N) is 3. The Morgan fingerprint density at radius 3 is 3.00 bits per heavy atom. The number of benzene rings is 1. The first kappa shape index (κ1) is 11.0. The molecule has 0 radical (unpaired) electrons. The van der Waals surface area contributed by atoms with Gasteiger partial charge in [-0.25, -0.2) is 4.39 Å². The Labute approximate surface area is 106 Å². The van der Waals surface area contributed by atoms with Gasteiger partial charge in [-0.15, -0.1) is 21.5 Å². The number of fused-ring (bicyclic) bond motifs is 1. The Hall–Kier alpha value is -2.15. The third-order valence-electron chi connectivity index (χ3n) is 2.61. The molecule has 0 fully saturated rings. The monoisotopic (exact) mass is 264 g/mol. The largest absolute Gasteiger partial charge is 0.496 e. The predicted molar refractivity (Wildman–Crippen MR) is 67.2 cm³/mol. The van der Waals surface area contributed by atoms with Crippen molar-refractivity contribution in [2.75, 3.05) is 12.8 Å². The second kappa shape index (κ2) is 3.95. The first-order valence-electron chi connectivity index (χ1n) is 5.12. The zero-order valence-electron chi connectivity index (χ0n) is 9.42. The maximum atomic E-state index is 13.4. The van der Waals surface area contributed by atoms with E-state index in [0.29, 0.717) is 22.0 Å². The van der Waals surface area contributed by atoms with Crippen molar-refractivity contribution < 1.29 is 9.13 Å². The van der Waals surface area contributed by atoms with E-state index in [1.807, 2.05) is 5.38 Å². The lowest BCUT2D eigenvalue weighted by molar-refractivity contribution is 0.415. The van der Waals surface area contributed by atoms with Gasteiger partial charge in [0.2, 0.25) is 10.9 Å². The van der Waals surface area contributed by atoms with Gasteiger partial charge in [0, 0.05) is 10.9 Å². The van der Waals surface area contributed by atoms with Crippen molar-refractivity contribution in [1.82, 2.24) is 14.6 Å². The number of hydrogen-bond donors (Lipinski definition) is 1. The van der Waals surface area contributed by atoms with E-state index in [9.17, 15) is 4.39 Å². The van der Waals surface area contributed by atoms with Crippen molar-refractivity contribution in [3.8, 4) is 17.0 Å². The van der Waals surface area contributed by atoms with Crippen molar-refractivity contribution in [2.45, 2.75) is 0 Å². The Bertz CT molecular complexity index is 721. The SMILES string of the molecule is COc1ccc(F)cc1-c1csc2nnc(N)n12. The Balaban J connectivity index is 2.31. The van der Waals surface area contributed by atoms with Crippen LogP contribution in [0.2, 0.25) is 0 Å². The lowest BCUT2D eigenvalue weighted by atomic mass is 10.1. The lowest BCUT2D eigenvalue weighted by Gasteiger charge is -2.07. The zero-order valence-corrected chi connectivity index (χ0v) is 10.2. The summed E-state index contributed by atoms with van der Waals surface area (Å²) in [4.78, 5) is 0.661. The van der Waals surface area contributed by atoms with Gasteiger partial charge >= 0.3 is 0 Å². The number of anilines is 1. The van der Waals surface area contributed by atoms with E-state index in [-0.39, 0.29) is 11.8 Å². The van der Waals surface area contributed by atoms with Gasteiger partial charge in [-0.1, -0.05) is 0 Å². The molecule has 0 saturated carbocycles. The molecule has 2 N–H and O–H groups in total. The molecule has 3 aromatic rings. The Morgan fingerprint density at radius 1 is 1.39 bits per heavy atom. The highest BCUT2D eigenvalue weighted by atomic mass is 32.1. The molecular formula is C11H9FN4OS. The molecule has 0 aliphatic rings. The second-order valence-electron chi connectivity index (χ2n) is 3.64. The van der Waals surface area contributed by atoms with Gasteiger partial charge in [0.05, 0.1) is 12.8 Å². The molecule has 0 aliphatic heterocycles. The van der Waals surface area contributed by atoms with E-state index < -0.39 is 0 Å². The molecule has 0 bridgehead atoms. The van der Waals surface area contributed by atoms with E-state index in [4.69, 9.17) is 10.5 Å². The summed E-state index contributed by atoms with van der Waals surface area (Å²) in [6, 6.07) is 4.33. The molecule has 0 unspecified atom stereocenters. The minimum absolute atomic E-state index is 0.271. The minimum atomic E-state index is -0.336. The highest BCUT2D eigenvalue weighted by molar-refractivity contribution is 7.15. The van der Waals surface area contributed by atoms with Crippen LogP contribution in [0.25, 0.3) is 16.2 Å². The number of ether oxygens (including phenoxy) is 1. The van der Waals surface area contributed by atoms with Crippen LogP contribution in [0.3, 0.4) is 0 Å². The first-order chi connectivity index (χ1) is 8.70. The van der Waals surface area contributed by atoms with E-state index in [1.54, 1.807) is 10.5 Å². The molecule has 7 heteroatoms. The molecule has 0 saturated heterocycles. The molecule has 0 aliphatic carbocycles. The van der Waals surface area contributed by atoms with E-state index in [0.717, 1.165) is 0 Å². The van der Waals surface area contributed by atoms with Crippen LogP contribution in [0.15, 0.2) is 23.6 Å². The number of aromatic nitrogens is 3. The number of thiazole rings is 1. The molecule has 1 aromatic carbocycles. The molecule has 0 amide bonds. The molecule has 0 spiro atoms. The van der Waals surface area contributed by atoms with Gasteiger partial charge < -0.3 is 10.5 Å². The number of halogens is 1. The maximum Gasteiger partial charge on any atom is 0.227 e. The van der Waals surface area contributed by atoms with Crippen LogP contribution in [-0.2, 0) is 0 Å². The summed E-state index contributed by atoms with van der Waals surface area (Å²) in [6.45, 7) is 0. The average molecular weight is 264 g/mol. The van der Waals surface area contributed by atoms with Gasteiger partial charge in [-0.2, -0.15) is 0 Å². The molecule has 18 heavy (non-hydrogen) atoms. The van der Waals surface area contributed by atoms with Crippen LogP contribution in [0.1, 0.15) is 0 Å². The van der Waals surface area contributed by atoms with Gasteiger partial charge in [0.1, 0.15) is 11.6 Å². The maximum absolute atomic E-state index is 13.4. The van der Waals surface area contributed by atoms with Crippen molar-refractivity contribution in [2.24, 2.45) is 0 Å². The highest BCUT2D eigenvalue weighted by Crippen LogP contribution is 2.34. The van der Waals surface area contributed by atoms with Crippen molar-refractivity contribution >= 4 is 22.2 Å². The molecular weight excluding hydrogens is 255 g/mol. The summed E-state index contributed by atoms with van der Waals surface area (Å²) >= 11 is 1.39. The van der Waals surface area contributed by atoms with Crippen LogP contribution < -0.4 is 10.5 Å². The normalized spacial score (nSPS) is 11.0. The molecule has 92 valence electrons. The first-order valence-corrected chi connectivity index (χ1v) is 6.00. The Kier molecular flexibility index (Phi) is 2.41. The van der Waals surface area contributed by atoms with Gasteiger partial charge in [-0.05, 0) is 18.2 Å². The van der Waals surface area contributed by atoms with Crippen molar-refractivity contribution in [3.05, 3.63) is 29.4 Å². The second-order valence-corrected chi connectivity index (χ2v) is 4.48. The van der Waals surface area contributed by atoms with E-state index >= 15 is 0 Å². The fourth-order valence-corrected chi connectivity index (χ4v) is 2.64. The van der Waals surface area contributed by atoms with Crippen molar-refractivity contribution in [3.63, 3.8) is 0 Å². The van der Waals surface area contributed by atoms with Crippen LogP contribution in [0.5, 0.6) is 5.75 Å². The quantitative estimate of drug-likeness (QED) is 0.770. The smallest absolute Gasteiger partial charge is 0.227 e. The summed E-state index contributed by atoms with van der Waals surface area (Å²) in [6.07, 6.45) is 0. The standard InChI is InChI=1S/C11H9FN4OS/c1-17-9-3-2-6(12)4-7(9)8-5-18-11-15-14-10(13)16(8)11/h2-5H,1H3,(H2,13,14). The molecule has 2 aromatic heterocycles. The minimum Gasteiger partial charge on any atom is -0.496 e. The molecule has 5 nitrogen and oxygen atoms in total. The zero-order chi connectivity index (χ0) is 12.7. The topological polar surface area (TPSA) is 65.4 Å². The average Bonchev–Trinajstić information content (AvgIpc) is 2.93. The fraction of sp³-hybridized carbons (Fsp3) is 0.0909. The van der Waals surface area contributed by atoms with Crippen LogP contribution >= 0.6 is 11.3 Å². The summed E-state index contributed by atoms with van der Waals surface area (Å²) in [5.41, 5.74) is 7.09. The van der Waals surface area contributed by atoms with E-state index in [1.165, 1.54) is 30.6 Å².